The Morgan fingerprint density at radius 3 is 2.69 bits per heavy atom. The van der Waals surface area contributed by atoms with Crippen LogP contribution in [-0.4, -0.2) is 33.5 Å². The van der Waals surface area contributed by atoms with Gasteiger partial charge in [0.25, 0.3) is 0 Å². The summed E-state index contributed by atoms with van der Waals surface area (Å²) in [5, 5.41) is 16.1. The maximum Gasteiger partial charge on any atom is 0.230 e. The van der Waals surface area contributed by atoms with E-state index < -0.39 is 0 Å². The SMILES string of the molecule is COc1cccc(NCc2nnc(SCC(=O)NC(C)c3ccc(F)cc3)n2C2CCCCC2)c1. The van der Waals surface area contributed by atoms with Crippen LogP contribution in [-0.2, 0) is 11.3 Å². The van der Waals surface area contributed by atoms with Gasteiger partial charge in [0.2, 0.25) is 5.91 Å². The first-order valence-electron chi connectivity index (χ1n) is 12.0. The van der Waals surface area contributed by atoms with Crippen molar-refractivity contribution in [2.45, 2.75) is 62.8 Å². The number of thioether (sulfide) groups is 1. The number of aromatic nitrogens is 3. The summed E-state index contributed by atoms with van der Waals surface area (Å²) in [7, 11) is 1.65. The summed E-state index contributed by atoms with van der Waals surface area (Å²) >= 11 is 1.41. The molecule has 4 rings (SSSR count). The fourth-order valence-electron chi connectivity index (χ4n) is 4.39. The smallest absolute Gasteiger partial charge is 0.230 e. The summed E-state index contributed by atoms with van der Waals surface area (Å²) < 4.78 is 20.7. The number of benzene rings is 2. The summed E-state index contributed by atoms with van der Waals surface area (Å²) in [6.45, 7) is 2.42. The number of carbonyl (C=O) groups is 1. The molecule has 0 spiro atoms. The molecule has 7 nitrogen and oxygen atoms in total. The van der Waals surface area contributed by atoms with E-state index in [1.807, 2.05) is 31.2 Å². The summed E-state index contributed by atoms with van der Waals surface area (Å²) in [5.74, 6) is 1.51. The van der Waals surface area contributed by atoms with E-state index >= 15 is 0 Å². The second-order valence-electron chi connectivity index (χ2n) is 8.78. The van der Waals surface area contributed by atoms with Crippen molar-refractivity contribution in [3.05, 3.63) is 65.7 Å². The van der Waals surface area contributed by atoms with E-state index in [9.17, 15) is 9.18 Å². The fourth-order valence-corrected chi connectivity index (χ4v) is 5.23. The van der Waals surface area contributed by atoms with Gasteiger partial charge < -0.3 is 19.9 Å². The molecule has 0 aliphatic heterocycles. The third-order valence-corrected chi connectivity index (χ3v) is 7.22. The second kappa shape index (κ2) is 12.1. The van der Waals surface area contributed by atoms with Crippen LogP contribution in [0.4, 0.5) is 10.1 Å². The first-order chi connectivity index (χ1) is 17.0. The minimum Gasteiger partial charge on any atom is -0.497 e. The van der Waals surface area contributed by atoms with Crippen LogP contribution in [0.2, 0.25) is 0 Å². The van der Waals surface area contributed by atoms with Crippen LogP contribution in [0.1, 0.15) is 62.5 Å². The van der Waals surface area contributed by atoms with Gasteiger partial charge in [-0.15, -0.1) is 10.2 Å². The van der Waals surface area contributed by atoms with Crippen LogP contribution in [0.3, 0.4) is 0 Å². The van der Waals surface area contributed by atoms with Crippen molar-refractivity contribution in [2.75, 3.05) is 18.2 Å². The molecular weight excluding hydrogens is 465 g/mol. The number of halogens is 1. The molecule has 186 valence electrons. The van der Waals surface area contributed by atoms with E-state index in [2.05, 4.69) is 25.4 Å². The molecule has 1 aromatic heterocycles. The molecule has 1 saturated carbocycles. The maximum absolute atomic E-state index is 13.2. The van der Waals surface area contributed by atoms with E-state index in [0.29, 0.717) is 12.6 Å². The van der Waals surface area contributed by atoms with Gasteiger partial charge in [0, 0.05) is 17.8 Å². The number of nitrogens with one attached hydrogen (secondary N) is 2. The largest absolute Gasteiger partial charge is 0.497 e. The highest BCUT2D eigenvalue weighted by atomic mass is 32.2. The van der Waals surface area contributed by atoms with Crippen molar-refractivity contribution in [3.8, 4) is 5.75 Å². The number of hydrogen-bond donors (Lipinski definition) is 2. The molecule has 1 atom stereocenters. The molecule has 1 amide bonds. The van der Waals surface area contributed by atoms with E-state index in [4.69, 9.17) is 4.74 Å². The minimum atomic E-state index is -0.290. The molecule has 1 aliphatic carbocycles. The lowest BCUT2D eigenvalue weighted by Gasteiger charge is -2.25. The lowest BCUT2D eigenvalue weighted by atomic mass is 9.95. The van der Waals surface area contributed by atoms with E-state index in [-0.39, 0.29) is 23.5 Å². The zero-order valence-corrected chi connectivity index (χ0v) is 21.0. The molecule has 2 aromatic carbocycles. The molecule has 0 bridgehead atoms. The van der Waals surface area contributed by atoms with Gasteiger partial charge >= 0.3 is 0 Å². The number of hydrogen-bond acceptors (Lipinski definition) is 6. The quantitative estimate of drug-likeness (QED) is 0.360. The molecular formula is C26H32FN5O2S. The first-order valence-corrected chi connectivity index (χ1v) is 13.0. The number of rotatable bonds is 10. The van der Waals surface area contributed by atoms with Gasteiger partial charge in [-0.25, -0.2) is 4.39 Å². The summed E-state index contributed by atoms with van der Waals surface area (Å²) in [6, 6.07) is 14.1. The van der Waals surface area contributed by atoms with Gasteiger partial charge in [-0.1, -0.05) is 49.2 Å². The normalized spacial score (nSPS) is 14.9. The zero-order valence-electron chi connectivity index (χ0n) is 20.2. The second-order valence-corrected chi connectivity index (χ2v) is 9.72. The number of nitrogens with zero attached hydrogens (tertiary/aromatic N) is 3. The highest BCUT2D eigenvalue weighted by Gasteiger charge is 2.23. The Morgan fingerprint density at radius 1 is 1.17 bits per heavy atom. The Bertz CT molecular complexity index is 1120. The number of amides is 1. The molecule has 1 heterocycles. The van der Waals surface area contributed by atoms with Gasteiger partial charge in [-0.2, -0.15) is 0 Å². The molecule has 9 heteroatoms. The predicted octanol–water partition coefficient (Wildman–Crippen LogP) is 5.51. The lowest BCUT2D eigenvalue weighted by Crippen LogP contribution is -2.28. The molecule has 35 heavy (non-hydrogen) atoms. The average molecular weight is 498 g/mol. The molecule has 1 fully saturated rings. The number of anilines is 1. The summed E-state index contributed by atoms with van der Waals surface area (Å²) in [6.07, 6.45) is 5.80. The molecule has 1 unspecified atom stereocenters. The maximum atomic E-state index is 13.2. The van der Waals surface area contributed by atoms with Gasteiger partial charge in [0.15, 0.2) is 11.0 Å². The van der Waals surface area contributed by atoms with Crippen molar-refractivity contribution < 1.29 is 13.9 Å². The van der Waals surface area contributed by atoms with Crippen LogP contribution in [0.5, 0.6) is 5.75 Å². The van der Waals surface area contributed by atoms with Crippen molar-refractivity contribution >= 4 is 23.4 Å². The third-order valence-electron chi connectivity index (χ3n) is 6.28. The van der Waals surface area contributed by atoms with Crippen LogP contribution in [0.15, 0.2) is 53.7 Å². The molecule has 2 N–H and O–H groups in total. The first kappa shape index (κ1) is 25.0. The number of ether oxygens (including phenoxy) is 1. The average Bonchev–Trinajstić information content (AvgIpc) is 3.30. The Morgan fingerprint density at radius 2 is 1.94 bits per heavy atom. The zero-order chi connectivity index (χ0) is 24.6. The van der Waals surface area contributed by atoms with Crippen LogP contribution >= 0.6 is 11.8 Å². The highest BCUT2D eigenvalue weighted by molar-refractivity contribution is 7.99. The van der Waals surface area contributed by atoms with Crippen molar-refractivity contribution in [2.24, 2.45) is 0 Å². The summed E-state index contributed by atoms with van der Waals surface area (Å²) in [4.78, 5) is 12.6. The monoisotopic (exact) mass is 497 g/mol. The molecule has 1 aliphatic rings. The van der Waals surface area contributed by atoms with Crippen molar-refractivity contribution in [1.82, 2.24) is 20.1 Å². The van der Waals surface area contributed by atoms with E-state index in [1.165, 1.54) is 43.2 Å². The van der Waals surface area contributed by atoms with E-state index in [1.54, 1.807) is 19.2 Å². The third kappa shape index (κ3) is 6.75. The van der Waals surface area contributed by atoms with Crippen molar-refractivity contribution in [3.63, 3.8) is 0 Å². The Balaban J connectivity index is 1.42. The topological polar surface area (TPSA) is 81.1 Å². The van der Waals surface area contributed by atoms with E-state index in [0.717, 1.165) is 40.8 Å². The van der Waals surface area contributed by atoms with Gasteiger partial charge in [-0.3, -0.25) is 4.79 Å². The predicted molar refractivity (Wildman–Crippen MR) is 136 cm³/mol. The van der Waals surface area contributed by atoms with Crippen molar-refractivity contribution in [1.29, 1.82) is 0 Å². The number of methoxy groups -OCH3 is 1. The molecule has 0 saturated heterocycles. The van der Waals surface area contributed by atoms with Crippen LogP contribution in [0, 0.1) is 5.82 Å². The van der Waals surface area contributed by atoms with Crippen LogP contribution < -0.4 is 15.4 Å². The lowest BCUT2D eigenvalue weighted by molar-refractivity contribution is -0.119. The van der Waals surface area contributed by atoms with Gasteiger partial charge in [-0.05, 0) is 49.6 Å². The Kier molecular flexibility index (Phi) is 8.63. The standard InChI is InChI=1S/C26H32FN5O2S/c1-18(19-11-13-20(27)14-12-19)29-25(33)17-35-26-31-30-24(32(26)22-8-4-3-5-9-22)16-28-21-7-6-10-23(15-21)34-2/h6-7,10-15,18,22,28H,3-5,8-9,16-17H2,1-2H3,(H,29,33). The summed E-state index contributed by atoms with van der Waals surface area (Å²) in [5.41, 5.74) is 1.81. The minimum absolute atomic E-state index is 0.0962. The molecule has 0 radical (unpaired) electrons. The van der Waals surface area contributed by atoms with Gasteiger partial charge in [0.1, 0.15) is 11.6 Å². The fraction of sp³-hybridized carbons (Fsp3) is 0.423. The van der Waals surface area contributed by atoms with Gasteiger partial charge in [0.05, 0.1) is 25.4 Å². The molecule has 3 aromatic rings. The number of carbonyl (C=O) groups excluding carboxylic acids is 1. The Labute approximate surface area is 209 Å². The Hall–Kier alpha value is -3.07. The highest BCUT2D eigenvalue weighted by Crippen LogP contribution is 2.33. The van der Waals surface area contributed by atoms with Crippen LogP contribution in [0.25, 0.3) is 0 Å².